The standard InChI is InChI=1S/C18H14N6O3S3/c1-11-6-5-9-13(10-11)14(25)19-16-21-23-18(29-16)30(26,27)24-17-22-20-15(28-17)12-7-3-2-4-8-12/h2-10H,1H3,(H,22,24)(H,19,21,25). The van der Waals surface area contributed by atoms with Gasteiger partial charge in [-0.3, -0.25) is 14.8 Å². The predicted octanol–water partition coefficient (Wildman–Crippen LogP) is 3.42. The number of anilines is 2. The Balaban J connectivity index is 1.47. The first-order valence-corrected chi connectivity index (χ1v) is 11.7. The van der Waals surface area contributed by atoms with E-state index < -0.39 is 15.9 Å². The molecule has 12 heteroatoms. The minimum Gasteiger partial charge on any atom is -0.296 e. The third kappa shape index (κ3) is 4.50. The summed E-state index contributed by atoms with van der Waals surface area (Å²) in [5.41, 5.74) is 2.20. The van der Waals surface area contributed by atoms with Gasteiger partial charge in [-0.25, -0.2) is 0 Å². The summed E-state index contributed by atoms with van der Waals surface area (Å²) in [5.74, 6) is -0.400. The zero-order chi connectivity index (χ0) is 21.1. The van der Waals surface area contributed by atoms with E-state index in [4.69, 9.17) is 0 Å². The zero-order valence-electron chi connectivity index (χ0n) is 15.4. The average molecular weight is 459 g/mol. The highest BCUT2D eigenvalue weighted by atomic mass is 32.2. The molecule has 0 aliphatic rings. The smallest absolute Gasteiger partial charge is 0.293 e. The lowest BCUT2D eigenvalue weighted by Gasteiger charge is -2.02. The summed E-state index contributed by atoms with van der Waals surface area (Å²) in [6.07, 6.45) is 0. The van der Waals surface area contributed by atoms with Crippen LogP contribution in [0.4, 0.5) is 10.3 Å². The first-order chi connectivity index (χ1) is 14.4. The van der Waals surface area contributed by atoms with Crippen molar-refractivity contribution in [1.29, 1.82) is 0 Å². The molecule has 1 amide bonds. The van der Waals surface area contributed by atoms with Gasteiger partial charge in [0.15, 0.2) is 0 Å². The number of nitrogens with zero attached hydrogens (tertiary/aromatic N) is 4. The molecule has 30 heavy (non-hydrogen) atoms. The third-order valence-corrected chi connectivity index (χ3v) is 7.37. The molecule has 4 aromatic rings. The van der Waals surface area contributed by atoms with Gasteiger partial charge in [0, 0.05) is 11.1 Å². The summed E-state index contributed by atoms with van der Waals surface area (Å²) >= 11 is 1.84. The third-order valence-electron chi connectivity index (χ3n) is 3.80. The van der Waals surface area contributed by atoms with Crippen LogP contribution in [0.15, 0.2) is 58.9 Å². The molecule has 0 aliphatic carbocycles. The van der Waals surface area contributed by atoms with Crippen molar-refractivity contribution in [2.24, 2.45) is 0 Å². The van der Waals surface area contributed by atoms with E-state index in [1.807, 2.05) is 43.3 Å². The first-order valence-electron chi connectivity index (χ1n) is 8.54. The molecule has 9 nitrogen and oxygen atoms in total. The van der Waals surface area contributed by atoms with Crippen LogP contribution in [0, 0.1) is 6.92 Å². The molecule has 0 bridgehead atoms. The molecule has 4 rings (SSSR count). The summed E-state index contributed by atoms with van der Waals surface area (Å²) in [6, 6.07) is 16.3. The maximum Gasteiger partial charge on any atom is 0.293 e. The van der Waals surface area contributed by atoms with Crippen LogP contribution >= 0.6 is 22.7 Å². The second-order valence-electron chi connectivity index (χ2n) is 6.08. The van der Waals surface area contributed by atoms with E-state index in [0.29, 0.717) is 10.6 Å². The molecule has 2 aromatic carbocycles. The highest BCUT2D eigenvalue weighted by Gasteiger charge is 2.23. The van der Waals surface area contributed by atoms with Crippen LogP contribution in [-0.2, 0) is 10.0 Å². The molecule has 2 heterocycles. The van der Waals surface area contributed by atoms with Crippen LogP contribution in [0.5, 0.6) is 0 Å². The Hall–Kier alpha value is -3.22. The maximum atomic E-state index is 12.6. The summed E-state index contributed by atoms with van der Waals surface area (Å²) in [5, 5.41) is 18.6. The number of hydrogen-bond donors (Lipinski definition) is 2. The van der Waals surface area contributed by atoms with Gasteiger partial charge < -0.3 is 0 Å². The number of nitrogens with one attached hydrogen (secondary N) is 2. The molecule has 0 saturated heterocycles. The Labute approximate surface area is 179 Å². The lowest BCUT2D eigenvalue weighted by Crippen LogP contribution is -2.12. The Bertz CT molecular complexity index is 1300. The van der Waals surface area contributed by atoms with Crippen molar-refractivity contribution in [3.05, 3.63) is 65.7 Å². The van der Waals surface area contributed by atoms with E-state index >= 15 is 0 Å². The molecule has 0 fully saturated rings. The van der Waals surface area contributed by atoms with Gasteiger partial charge in [-0.1, -0.05) is 70.7 Å². The van der Waals surface area contributed by atoms with E-state index in [0.717, 1.165) is 33.8 Å². The molecule has 0 atom stereocenters. The van der Waals surface area contributed by atoms with Gasteiger partial charge in [0.1, 0.15) is 5.01 Å². The van der Waals surface area contributed by atoms with E-state index in [1.165, 1.54) is 0 Å². The second-order valence-corrected chi connectivity index (χ2v) is 9.89. The Morgan fingerprint density at radius 1 is 0.900 bits per heavy atom. The van der Waals surface area contributed by atoms with E-state index in [1.54, 1.807) is 18.2 Å². The molecule has 0 saturated carbocycles. The number of benzene rings is 2. The summed E-state index contributed by atoms with van der Waals surface area (Å²) < 4.78 is 27.2. The summed E-state index contributed by atoms with van der Waals surface area (Å²) in [6.45, 7) is 1.87. The fourth-order valence-electron chi connectivity index (χ4n) is 2.44. The van der Waals surface area contributed by atoms with Gasteiger partial charge >= 0.3 is 0 Å². The molecular weight excluding hydrogens is 444 g/mol. The van der Waals surface area contributed by atoms with E-state index in [2.05, 4.69) is 30.4 Å². The topological polar surface area (TPSA) is 127 Å². The quantitative estimate of drug-likeness (QED) is 0.424. The number of aryl methyl sites for hydroxylation is 1. The maximum absolute atomic E-state index is 12.6. The van der Waals surface area contributed by atoms with Crippen LogP contribution in [0.1, 0.15) is 15.9 Å². The minimum atomic E-state index is -4.02. The Morgan fingerprint density at radius 3 is 2.43 bits per heavy atom. The van der Waals surface area contributed by atoms with Gasteiger partial charge in [-0.15, -0.1) is 20.4 Å². The van der Waals surface area contributed by atoms with Crippen molar-refractivity contribution in [3.8, 4) is 10.6 Å². The van der Waals surface area contributed by atoms with E-state index in [-0.39, 0.29) is 14.6 Å². The number of rotatable bonds is 6. The van der Waals surface area contributed by atoms with Crippen LogP contribution in [0.2, 0.25) is 0 Å². The molecule has 152 valence electrons. The largest absolute Gasteiger partial charge is 0.296 e. The van der Waals surface area contributed by atoms with Gasteiger partial charge in [0.25, 0.3) is 20.3 Å². The van der Waals surface area contributed by atoms with Crippen molar-refractivity contribution in [2.75, 3.05) is 10.0 Å². The highest BCUT2D eigenvalue weighted by Crippen LogP contribution is 2.28. The van der Waals surface area contributed by atoms with Crippen molar-refractivity contribution in [2.45, 2.75) is 11.3 Å². The number of sulfonamides is 1. The molecule has 0 aliphatic heterocycles. The molecule has 0 spiro atoms. The van der Waals surface area contributed by atoms with Crippen molar-refractivity contribution < 1.29 is 13.2 Å². The summed E-state index contributed by atoms with van der Waals surface area (Å²) in [4.78, 5) is 12.3. The lowest BCUT2D eigenvalue weighted by atomic mass is 10.1. The van der Waals surface area contributed by atoms with Gasteiger partial charge in [0.05, 0.1) is 0 Å². The number of aromatic nitrogens is 4. The number of hydrogen-bond acceptors (Lipinski definition) is 9. The monoisotopic (exact) mass is 458 g/mol. The van der Waals surface area contributed by atoms with Crippen molar-refractivity contribution in [3.63, 3.8) is 0 Å². The minimum absolute atomic E-state index is 0.0733. The van der Waals surface area contributed by atoms with Crippen LogP contribution in [-0.4, -0.2) is 34.7 Å². The zero-order valence-corrected chi connectivity index (χ0v) is 17.9. The van der Waals surface area contributed by atoms with Crippen LogP contribution < -0.4 is 10.0 Å². The fraction of sp³-hybridized carbons (Fsp3) is 0.0556. The second kappa shape index (κ2) is 8.26. The highest BCUT2D eigenvalue weighted by molar-refractivity contribution is 7.94. The Morgan fingerprint density at radius 2 is 1.67 bits per heavy atom. The SMILES string of the molecule is Cc1cccc(C(=O)Nc2nnc(S(=O)(=O)Nc3nnc(-c4ccccc4)s3)s2)c1. The summed E-state index contributed by atoms with van der Waals surface area (Å²) in [7, 11) is -4.02. The average Bonchev–Trinajstić information content (AvgIpc) is 3.38. The number of carbonyl (C=O) groups excluding carboxylic acids is 1. The Kier molecular flexibility index (Phi) is 5.53. The van der Waals surface area contributed by atoms with Gasteiger partial charge in [-0.05, 0) is 19.1 Å². The van der Waals surface area contributed by atoms with E-state index in [9.17, 15) is 13.2 Å². The van der Waals surface area contributed by atoms with Crippen molar-refractivity contribution >= 4 is 48.9 Å². The van der Waals surface area contributed by atoms with Gasteiger partial charge in [0.2, 0.25) is 10.3 Å². The molecular formula is C18H14N6O3S3. The number of amides is 1. The first kappa shape index (κ1) is 20.1. The van der Waals surface area contributed by atoms with Gasteiger partial charge in [-0.2, -0.15) is 8.42 Å². The van der Waals surface area contributed by atoms with Crippen LogP contribution in [0.25, 0.3) is 10.6 Å². The molecule has 2 N–H and O–H groups in total. The molecule has 0 unspecified atom stereocenters. The molecule has 0 radical (unpaired) electrons. The van der Waals surface area contributed by atoms with Crippen molar-refractivity contribution in [1.82, 2.24) is 20.4 Å². The van der Waals surface area contributed by atoms with Crippen LogP contribution in [0.3, 0.4) is 0 Å². The number of carbonyl (C=O) groups is 1. The normalized spacial score (nSPS) is 11.2. The predicted molar refractivity (Wildman–Crippen MR) is 115 cm³/mol. The molecule has 2 aromatic heterocycles. The fourth-order valence-corrected chi connectivity index (χ4v) is 5.32. The lowest BCUT2D eigenvalue weighted by molar-refractivity contribution is 0.102.